The Kier molecular flexibility index (Phi) is 11.7. The van der Waals surface area contributed by atoms with E-state index < -0.39 is 39.8 Å². The van der Waals surface area contributed by atoms with Crippen molar-refractivity contribution in [2.75, 3.05) is 0 Å². The molecule has 0 rings (SSSR count). The Morgan fingerprint density at radius 1 is 0.958 bits per heavy atom. The predicted molar refractivity (Wildman–Crippen MR) is 90.4 cm³/mol. The second kappa shape index (κ2) is 12.2. The number of ether oxygens (including phenoxy) is 1. The van der Waals surface area contributed by atoms with E-state index in [2.05, 4.69) is 6.92 Å². The first-order chi connectivity index (χ1) is 11.2. The zero-order valence-corrected chi connectivity index (χ0v) is 15.4. The highest BCUT2D eigenvalue weighted by molar-refractivity contribution is 7.87. The minimum absolute atomic E-state index is 0.452. The molecule has 0 unspecified atom stereocenters. The van der Waals surface area contributed by atoms with Gasteiger partial charge >= 0.3 is 11.9 Å². The molecule has 0 fully saturated rings. The van der Waals surface area contributed by atoms with Crippen LogP contribution in [0.5, 0.6) is 0 Å². The third-order valence-corrected chi connectivity index (χ3v) is 4.83. The van der Waals surface area contributed by atoms with Gasteiger partial charge in [-0.25, -0.2) is 0 Å². The van der Waals surface area contributed by atoms with E-state index in [1.54, 1.807) is 0 Å². The molecule has 0 radical (unpaired) electrons. The molecule has 0 amide bonds. The molecule has 0 spiro atoms. The Hall–Kier alpha value is -1.15. The van der Waals surface area contributed by atoms with Gasteiger partial charge in [-0.2, -0.15) is 8.42 Å². The standard InChI is InChI=1S/C16H30O7S/c1-3-5-6-7-8-9-11-13(10-4-2)23-16(19)14(12-15(17)18)24(20,21)22/h13-14H,3-12H2,1-2H3,(H,17,18)(H,20,21,22)/t13-,14+/m1/s1. The van der Waals surface area contributed by atoms with E-state index in [0.29, 0.717) is 12.8 Å². The highest BCUT2D eigenvalue weighted by Gasteiger charge is 2.36. The molecule has 0 aromatic carbocycles. The fourth-order valence-corrected chi connectivity index (χ4v) is 3.10. The van der Waals surface area contributed by atoms with E-state index in [9.17, 15) is 18.0 Å². The van der Waals surface area contributed by atoms with Crippen molar-refractivity contribution in [3.05, 3.63) is 0 Å². The van der Waals surface area contributed by atoms with Crippen molar-refractivity contribution in [1.29, 1.82) is 0 Å². The van der Waals surface area contributed by atoms with E-state index in [-0.39, 0.29) is 0 Å². The Balaban J connectivity index is 4.55. The second-order valence-electron chi connectivity index (χ2n) is 6.01. The van der Waals surface area contributed by atoms with Crippen LogP contribution in [0.25, 0.3) is 0 Å². The van der Waals surface area contributed by atoms with Gasteiger partial charge in [-0.1, -0.05) is 52.4 Å². The third kappa shape index (κ3) is 10.6. The molecule has 142 valence electrons. The lowest BCUT2D eigenvalue weighted by Gasteiger charge is -2.20. The van der Waals surface area contributed by atoms with Gasteiger partial charge in [0.05, 0.1) is 6.42 Å². The fourth-order valence-electron chi connectivity index (χ4n) is 2.45. The number of esters is 1. The Morgan fingerprint density at radius 3 is 2.04 bits per heavy atom. The summed E-state index contributed by atoms with van der Waals surface area (Å²) in [6.45, 7) is 4.05. The van der Waals surface area contributed by atoms with Crippen LogP contribution < -0.4 is 0 Å². The van der Waals surface area contributed by atoms with Gasteiger partial charge in [0.25, 0.3) is 10.1 Å². The molecule has 0 saturated carbocycles. The zero-order valence-electron chi connectivity index (χ0n) is 14.6. The van der Waals surface area contributed by atoms with Crippen LogP contribution in [0.2, 0.25) is 0 Å². The first kappa shape index (κ1) is 22.9. The molecule has 2 atom stereocenters. The van der Waals surface area contributed by atoms with Crippen LogP contribution in [-0.2, 0) is 24.4 Å². The summed E-state index contributed by atoms with van der Waals surface area (Å²) in [5, 5.41) is 6.62. The number of carboxylic acid groups (broad SMARTS) is 1. The van der Waals surface area contributed by atoms with Crippen molar-refractivity contribution >= 4 is 22.1 Å². The van der Waals surface area contributed by atoms with Crippen LogP contribution in [-0.4, -0.2) is 41.4 Å². The summed E-state index contributed by atoms with van der Waals surface area (Å²) in [5.74, 6) is -2.68. The first-order valence-electron chi connectivity index (χ1n) is 8.60. The van der Waals surface area contributed by atoms with E-state index in [1.165, 1.54) is 6.42 Å². The summed E-state index contributed by atoms with van der Waals surface area (Å²) in [6, 6.07) is 0. The molecule has 0 saturated heterocycles. The number of carbonyl (C=O) groups is 2. The largest absolute Gasteiger partial charge is 0.481 e. The van der Waals surface area contributed by atoms with Gasteiger partial charge in [-0.3, -0.25) is 14.1 Å². The highest BCUT2D eigenvalue weighted by Crippen LogP contribution is 2.17. The fraction of sp³-hybridized carbons (Fsp3) is 0.875. The average molecular weight is 366 g/mol. The molecule has 0 heterocycles. The van der Waals surface area contributed by atoms with Crippen LogP contribution in [0.3, 0.4) is 0 Å². The highest BCUT2D eigenvalue weighted by atomic mass is 32.2. The third-order valence-electron chi connectivity index (χ3n) is 3.76. The summed E-state index contributed by atoms with van der Waals surface area (Å²) in [7, 11) is -4.81. The van der Waals surface area contributed by atoms with Crippen molar-refractivity contribution in [1.82, 2.24) is 0 Å². The number of carbonyl (C=O) groups excluding carboxylic acids is 1. The average Bonchev–Trinajstić information content (AvgIpc) is 2.47. The van der Waals surface area contributed by atoms with Gasteiger partial charge in [0, 0.05) is 0 Å². The van der Waals surface area contributed by atoms with E-state index in [4.69, 9.17) is 14.4 Å². The second-order valence-corrected chi connectivity index (χ2v) is 7.60. The van der Waals surface area contributed by atoms with Crippen molar-refractivity contribution in [3.63, 3.8) is 0 Å². The van der Waals surface area contributed by atoms with E-state index in [0.717, 1.165) is 38.5 Å². The Labute approximate surface area is 144 Å². The lowest BCUT2D eigenvalue weighted by atomic mass is 10.0. The van der Waals surface area contributed by atoms with Crippen LogP contribution in [0.4, 0.5) is 0 Å². The maximum atomic E-state index is 12.0. The number of rotatable bonds is 14. The predicted octanol–water partition coefficient (Wildman–Crippen LogP) is 3.18. The number of hydrogen-bond acceptors (Lipinski definition) is 5. The molecule has 0 aliphatic carbocycles. The lowest BCUT2D eigenvalue weighted by Crippen LogP contribution is -2.36. The number of unbranched alkanes of at least 4 members (excludes halogenated alkanes) is 5. The molecule has 0 aliphatic heterocycles. The molecule has 0 aliphatic rings. The van der Waals surface area contributed by atoms with Gasteiger partial charge in [0.15, 0.2) is 5.25 Å². The molecule has 0 aromatic rings. The minimum atomic E-state index is -4.81. The van der Waals surface area contributed by atoms with Gasteiger partial charge in [-0.05, 0) is 19.3 Å². The zero-order chi connectivity index (χ0) is 18.6. The number of aliphatic carboxylic acids is 1. The molecular weight excluding hydrogens is 336 g/mol. The maximum Gasteiger partial charge on any atom is 0.327 e. The summed E-state index contributed by atoms with van der Waals surface area (Å²) < 4.78 is 36.6. The first-order valence-corrected chi connectivity index (χ1v) is 10.1. The van der Waals surface area contributed by atoms with Crippen molar-refractivity contribution in [2.45, 2.75) is 89.4 Å². The van der Waals surface area contributed by atoms with Crippen molar-refractivity contribution in [3.8, 4) is 0 Å². The molecule has 7 nitrogen and oxygen atoms in total. The topological polar surface area (TPSA) is 118 Å². The minimum Gasteiger partial charge on any atom is -0.481 e. The van der Waals surface area contributed by atoms with Crippen LogP contribution in [0, 0.1) is 0 Å². The Morgan fingerprint density at radius 2 is 1.54 bits per heavy atom. The van der Waals surface area contributed by atoms with Gasteiger partial charge in [0.2, 0.25) is 0 Å². The molecule has 0 aromatic heterocycles. The molecular formula is C16H30O7S. The summed E-state index contributed by atoms with van der Waals surface area (Å²) in [6.07, 6.45) is 6.97. The number of hydrogen-bond donors (Lipinski definition) is 2. The van der Waals surface area contributed by atoms with Crippen LogP contribution in [0.1, 0.15) is 78.1 Å². The summed E-state index contributed by atoms with van der Waals surface area (Å²) >= 11 is 0. The molecule has 24 heavy (non-hydrogen) atoms. The number of carboxylic acids is 1. The van der Waals surface area contributed by atoms with E-state index in [1.807, 2.05) is 6.92 Å². The van der Waals surface area contributed by atoms with Gasteiger partial charge in [0.1, 0.15) is 6.10 Å². The van der Waals surface area contributed by atoms with Crippen LogP contribution in [0.15, 0.2) is 0 Å². The monoisotopic (exact) mass is 366 g/mol. The smallest absolute Gasteiger partial charge is 0.327 e. The molecule has 8 heteroatoms. The van der Waals surface area contributed by atoms with E-state index >= 15 is 0 Å². The summed E-state index contributed by atoms with van der Waals surface area (Å²) in [4.78, 5) is 22.6. The Bertz CT molecular complexity index is 473. The van der Waals surface area contributed by atoms with Crippen LogP contribution >= 0.6 is 0 Å². The summed E-state index contributed by atoms with van der Waals surface area (Å²) in [5.41, 5.74) is 0. The normalized spacial score (nSPS) is 14.1. The quantitative estimate of drug-likeness (QED) is 0.275. The van der Waals surface area contributed by atoms with Crippen molar-refractivity contribution in [2.24, 2.45) is 0 Å². The molecule has 2 N–H and O–H groups in total. The van der Waals surface area contributed by atoms with Crippen molar-refractivity contribution < 1.29 is 32.4 Å². The van der Waals surface area contributed by atoms with Gasteiger partial charge < -0.3 is 9.84 Å². The lowest BCUT2D eigenvalue weighted by molar-refractivity contribution is -0.152. The van der Waals surface area contributed by atoms with Gasteiger partial charge in [-0.15, -0.1) is 0 Å². The SMILES string of the molecule is CCCCCCCC[C@@H](CCC)OC(=O)[C@H](CC(=O)O)S(=O)(=O)O. The maximum absolute atomic E-state index is 12.0. The molecule has 0 bridgehead atoms.